The Morgan fingerprint density at radius 1 is 0.542 bits per heavy atom. The highest BCUT2D eigenvalue weighted by molar-refractivity contribution is 6.77. The number of carbonyl (C=O) groups is 4. The molecule has 384 valence electrons. The standard InChI is InChI=1S/C33H47N3O4Si.C24H27N3O4/c1-22(2)41(23(3)4,24(5)6)39-21-25-10-12-26(13-11-25)30(20-35-32(38)40-33(7,8)9)31(37)36-29-15-14-28-19-34-17-16-27(28)18-29;1-24(2,3)31-23(30)26-14-21(17-6-4-16(15-28)5-7-17)22(29)27-20-9-8-19-13-25-11-10-18(19)12-20/h10-19,22-24,30H,20-21H2,1-9H3,(H,35,38)(H,36,37);4-13,21,28H,14-15H2,1-3H3,(H,26,30)(H,27,29). The zero-order valence-electron chi connectivity index (χ0n) is 44.0. The summed E-state index contributed by atoms with van der Waals surface area (Å²) in [6.45, 7) is 25.1. The second-order valence-electron chi connectivity index (χ2n) is 21.0. The van der Waals surface area contributed by atoms with Crippen LogP contribution >= 0.6 is 0 Å². The Labute approximate surface area is 426 Å². The van der Waals surface area contributed by atoms with Crippen LogP contribution in [0.5, 0.6) is 0 Å². The van der Waals surface area contributed by atoms with Gasteiger partial charge in [-0.05, 0) is 128 Å². The van der Waals surface area contributed by atoms with Crippen LogP contribution in [0.3, 0.4) is 0 Å². The van der Waals surface area contributed by atoms with Gasteiger partial charge in [-0.2, -0.15) is 0 Å². The molecule has 15 heteroatoms. The molecular weight excluding hydrogens is 925 g/mol. The van der Waals surface area contributed by atoms with Crippen molar-refractivity contribution in [1.82, 2.24) is 20.6 Å². The van der Waals surface area contributed by atoms with E-state index in [0.717, 1.165) is 43.8 Å². The minimum absolute atomic E-state index is 0.0662. The maximum atomic E-state index is 13.6. The molecule has 0 saturated carbocycles. The average Bonchev–Trinajstić information content (AvgIpc) is 3.31. The van der Waals surface area contributed by atoms with Crippen LogP contribution in [0, 0.1) is 0 Å². The Hall–Kier alpha value is -6.68. The van der Waals surface area contributed by atoms with Crippen LogP contribution in [0.2, 0.25) is 16.6 Å². The molecule has 4 amide bonds. The van der Waals surface area contributed by atoms with E-state index < -0.39 is 43.5 Å². The number of aliphatic hydroxyl groups is 1. The number of nitrogens with zero attached hydrogens (tertiary/aromatic N) is 2. The first-order chi connectivity index (χ1) is 34.0. The van der Waals surface area contributed by atoms with E-state index in [9.17, 15) is 24.3 Å². The number of rotatable bonds is 17. The van der Waals surface area contributed by atoms with E-state index in [1.54, 1.807) is 69.8 Å². The van der Waals surface area contributed by atoms with Gasteiger partial charge in [-0.25, -0.2) is 9.59 Å². The average molecular weight is 999 g/mol. The summed E-state index contributed by atoms with van der Waals surface area (Å²) in [5.41, 5.74) is 4.88. The lowest BCUT2D eigenvalue weighted by Gasteiger charge is -2.42. The lowest BCUT2D eigenvalue weighted by molar-refractivity contribution is -0.118. The molecule has 0 bridgehead atoms. The maximum absolute atomic E-state index is 13.6. The van der Waals surface area contributed by atoms with E-state index in [2.05, 4.69) is 72.8 Å². The molecule has 0 aliphatic rings. The van der Waals surface area contributed by atoms with Crippen molar-refractivity contribution >= 4 is 65.2 Å². The Bertz CT molecular complexity index is 2730. The summed E-state index contributed by atoms with van der Waals surface area (Å²) in [4.78, 5) is 59.5. The monoisotopic (exact) mass is 999 g/mol. The fourth-order valence-electron chi connectivity index (χ4n) is 8.91. The van der Waals surface area contributed by atoms with Crippen molar-refractivity contribution in [3.63, 3.8) is 0 Å². The van der Waals surface area contributed by atoms with Gasteiger partial charge < -0.3 is 40.3 Å². The van der Waals surface area contributed by atoms with Crippen LogP contribution in [0.25, 0.3) is 21.5 Å². The van der Waals surface area contributed by atoms with Crippen LogP contribution in [0.15, 0.2) is 122 Å². The van der Waals surface area contributed by atoms with Crippen LogP contribution in [-0.2, 0) is 36.7 Å². The molecule has 0 radical (unpaired) electrons. The summed E-state index contributed by atoms with van der Waals surface area (Å²) in [6, 6.07) is 30.1. The van der Waals surface area contributed by atoms with E-state index in [-0.39, 0.29) is 31.5 Å². The first-order valence-corrected chi connectivity index (χ1v) is 26.8. The lowest BCUT2D eigenvalue weighted by atomic mass is 9.96. The highest BCUT2D eigenvalue weighted by atomic mass is 28.4. The zero-order valence-corrected chi connectivity index (χ0v) is 45.0. The van der Waals surface area contributed by atoms with Gasteiger partial charge in [-0.1, -0.05) is 102 Å². The predicted molar refractivity (Wildman–Crippen MR) is 289 cm³/mol. The van der Waals surface area contributed by atoms with Crippen LogP contribution in [-0.4, -0.2) is 71.7 Å². The van der Waals surface area contributed by atoms with Crippen LogP contribution in [0.1, 0.15) is 117 Å². The van der Waals surface area contributed by atoms with E-state index >= 15 is 0 Å². The van der Waals surface area contributed by atoms with Crippen molar-refractivity contribution in [2.24, 2.45) is 0 Å². The Balaban J connectivity index is 0.000000278. The van der Waals surface area contributed by atoms with Gasteiger partial charge in [0.05, 0.1) is 25.0 Å². The second kappa shape index (κ2) is 25.1. The fraction of sp³-hybridized carbons (Fsp3) is 0.404. The molecule has 6 aromatic rings. The molecule has 0 saturated heterocycles. The first-order valence-electron chi connectivity index (χ1n) is 24.6. The third-order valence-corrected chi connectivity index (χ3v) is 18.3. The Morgan fingerprint density at radius 2 is 0.931 bits per heavy atom. The second-order valence-corrected chi connectivity index (χ2v) is 26.4. The van der Waals surface area contributed by atoms with Crippen LogP contribution < -0.4 is 21.3 Å². The number of anilines is 2. The van der Waals surface area contributed by atoms with Crippen molar-refractivity contribution < 1.29 is 38.2 Å². The molecule has 0 spiro atoms. The molecule has 0 aliphatic heterocycles. The quantitative estimate of drug-likeness (QED) is 0.0550. The molecule has 14 nitrogen and oxygen atoms in total. The minimum atomic E-state index is -2.00. The number of hydrogen-bond acceptors (Lipinski definition) is 10. The van der Waals surface area contributed by atoms with E-state index in [0.29, 0.717) is 34.6 Å². The molecule has 72 heavy (non-hydrogen) atoms. The molecular formula is C57H74N6O8Si. The highest BCUT2D eigenvalue weighted by Crippen LogP contribution is 2.43. The summed E-state index contributed by atoms with van der Waals surface area (Å²) in [6.07, 6.45) is 5.83. The highest BCUT2D eigenvalue weighted by Gasteiger charge is 2.45. The van der Waals surface area contributed by atoms with E-state index in [1.165, 1.54) is 0 Å². The first kappa shape index (κ1) is 56.2. The van der Waals surface area contributed by atoms with Crippen molar-refractivity contribution in [2.45, 2.75) is 136 Å². The van der Waals surface area contributed by atoms with Gasteiger partial charge in [0.1, 0.15) is 11.2 Å². The normalized spacial score (nSPS) is 12.7. The van der Waals surface area contributed by atoms with E-state index in [1.807, 2.05) is 93.6 Å². The summed E-state index contributed by atoms with van der Waals surface area (Å²) in [5, 5.41) is 24.6. The number of fused-ring (bicyclic) bond motifs is 2. The summed E-state index contributed by atoms with van der Waals surface area (Å²) < 4.78 is 17.5. The number of carbonyl (C=O) groups excluding carboxylic acids is 4. The van der Waals surface area contributed by atoms with E-state index in [4.69, 9.17) is 13.9 Å². The predicted octanol–water partition coefficient (Wildman–Crippen LogP) is 12.1. The third kappa shape index (κ3) is 16.2. The van der Waals surface area contributed by atoms with Gasteiger partial charge in [0, 0.05) is 60.0 Å². The zero-order chi connectivity index (χ0) is 52.8. The van der Waals surface area contributed by atoms with Gasteiger partial charge in [0.2, 0.25) is 20.1 Å². The van der Waals surface area contributed by atoms with Crippen molar-refractivity contribution in [1.29, 1.82) is 0 Å². The number of ether oxygens (including phenoxy) is 2. The minimum Gasteiger partial charge on any atom is -0.444 e. The molecule has 6 rings (SSSR count). The fourth-order valence-corrected chi connectivity index (χ4v) is 14.3. The number of alkyl carbamates (subject to hydrolysis) is 2. The molecule has 2 heterocycles. The van der Waals surface area contributed by atoms with Gasteiger partial charge >= 0.3 is 12.2 Å². The molecule has 4 aromatic carbocycles. The molecule has 0 aliphatic carbocycles. The number of aromatic nitrogens is 2. The topological polar surface area (TPSA) is 190 Å². The Kier molecular flexibility index (Phi) is 19.6. The largest absolute Gasteiger partial charge is 0.444 e. The summed E-state index contributed by atoms with van der Waals surface area (Å²) in [5.74, 6) is -1.75. The van der Waals surface area contributed by atoms with Crippen molar-refractivity contribution in [3.05, 3.63) is 144 Å². The van der Waals surface area contributed by atoms with Gasteiger partial charge in [0.25, 0.3) is 0 Å². The number of nitrogens with one attached hydrogen (secondary N) is 4. The number of benzene rings is 4. The molecule has 0 fully saturated rings. The summed E-state index contributed by atoms with van der Waals surface area (Å²) in [7, 11) is -2.00. The SMILES string of the molecule is CC(C)(C)OC(=O)NCC(C(=O)Nc1ccc2cnccc2c1)c1ccc(CO)cc1.CC(C)[Si](OCc1ccc(C(CNC(=O)OC(C)(C)C)C(=O)Nc2ccc3cnccc3c2)cc1)(C(C)C)C(C)C. The van der Waals surface area contributed by atoms with Crippen LogP contribution in [0.4, 0.5) is 21.0 Å². The molecule has 5 N–H and O–H groups in total. The smallest absolute Gasteiger partial charge is 0.407 e. The number of hydrogen-bond donors (Lipinski definition) is 5. The maximum Gasteiger partial charge on any atom is 0.407 e. The number of amides is 4. The van der Waals surface area contributed by atoms with Crippen molar-refractivity contribution in [3.8, 4) is 0 Å². The third-order valence-electron chi connectivity index (χ3n) is 12.3. The molecule has 2 aromatic heterocycles. The number of aliphatic hydroxyl groups excluding tert-OH is 1. The number of pyridine rings is 2. The van der Waals surface area contributed by atoms with Gasteiger partial charge in [0.15, 0.2) is 0 Å². The Morgan fingerprint density at radius 3 is 1.29 bits per heavy atom. The molecule has 2 atom stereocenters. The van der Waals surface area contributed by atoms with Gasteiger partial charge in [-0.3, -0.25) is 19.6 Å². The van der Waals surface area contributed by atoms with Gasteiger partial charge in [-0.15, -0.1) is 0 Å². The van der Waals surface area contributed by atoms with Crippen molar-refractivity contribution in [2.75, 3.05) is 23.7 Å². The summed E-state index contributed by atoms with van der Waals surface area (Å²) >= 11 is 0. The lowest BCUT2D eigenvalue weighted by Crippen LogP contribution is -2.47. The molecule has 2 unspecified atom stereocenters.